The minimum Gasteiger partial charge on any atom is -0.453 e. The number of furan rings is 1. The molecule has 0 unspecified atom stereocenters. The first-order valence-electron chi connectivity index (χ1n) is 4.35. The summed E-state index contributed by atoms with van der Waals surface area (Å²) >= 11 is 1.35. The first-order valence-corrected chi connectivity index (χ1v) is 5.23. The van der Waals surface area contributed by atoms with E-state index in [1.54, 1.807) is 18.2 Å². The Balaban J connectivity index is 2.36. The highest BCUT2D eigenvalue weighted by Crippen LogP contribution is 2.26. The van der Waals surface area contributed by atoms with Crippen LogP contribution in [0.4, 0.5) is 0 Å². The summed E-state index contributed by atoms with van der Waals surface area (Å²) in [5, 5.41) is 1.83. The molecule has 0 saturated heterocycles. The summed E-state index contributed by atoms with van der Waals surface area (Å²) in [5.41, 5.74) is 0.828. The lowest BCUT2D eigenvalue weighted by molar-refractivity contribution is 0.0987. The number of thiophene rings is 1. The standard InChI is InChI=1S/C11H8O3S/c1-7(13)10-2-3-11(14-10)8-4-9(5-12)15-6-8/h2-6H,1H3. The van der Waals surface area contributed by atoms with Crippen molar-refractivity contribution >= 4 is 23.4 Å². The molecule has 2 rings (SSSR count). The van der Waals surface area contributed by atoms with Crippen LogP contribution < -0.4 is 0 Å². The van der Waals surface area contributed by atoms with Crippen molar-refractivity contribution in [1.82, 2.24) is 0 Å². The zero-order chi connectivity index (χ0) is 10.8. The van der Waals surface area contributed by atoms with Crippen molar-refractivity contribution < 1.29 is 14.0 Å². The van der Waals surface area contributed by atoms with Gasteiger partial charge in [-0.25, -0.2) is 0 Å². The summed E-state index contributed by atoms with van der Waals surface area (Å²) in [6.07, 6.45) is 0.795. The Bertz CT molecular complexity index is 507. The van der Waals surface area contributed by atoms with Crippen LogP contribution in [0.15, 0.2) is 28.0 Å². The Morgan fingerprint density at radius 3 is 2.80 bits per heavy atom. The van der Waals surface area contributed by atoms with Crippen molar-refractivity contribution in [2.75, 3.05) is 0 Å². The summed E-state index contributed by atoms with van der Waals surface area (Å²) in [6, 6.07) is 5.10. The monoisotopic (exact) mass is 220 g/mol. The molecule has 0 aliphatic heterocycles. The molecular formula is C11H8O3S. The van der Waals surface area contributed by atoms with Gasteiger partial charge in [0.1, 0.15) is 5.76 Å². The maximum absolute atomic E-state index is 11.0. The normalized spacial score (nSPS) is 10.2. The molecule has 0 saturated carbocycles. The molecule has 2 aromatic heterocycles. The number of Topliss-reactive ketones (excluding diaryl/α,β-unsaturated/α-hetero) is 1. The molecule has 15 heavy (non-hydrogen) atoms. The van der Waals surface area contributed by atoms with Crippen molar-refractivity contribution in [3.8, 4) is 11.3 Å². The van der Waals surface area contributed by atoms with E-state index in [9.17, 15) is 9.59 Å². The Morgan fingerprint density at radius 2 is 2.27 bits per heavy atom. The van der Waals surface area contributed by atoms with Gasteiger partial charge in [0, 0.05) is 17.9 Å². The second-order valence-electron chi connectivity index (χ2n) is 3.08. The van der Waals surface area contributed by atoms with Gasteiger partial charge >= 0.3 is 0 Å². The number of hydrogen-bond acceptors (Lipinski definition) is 4. The molecular weight excluding hydrogens is 212 g/mol. The lowest BCUT2D eigenvalue weighted by Gasteiger charge is -1.89. The van der Waals surface area contributed by atoms with E-state index in [1.807, 2.05) is 5.38 Å². The van der Waals surface area contributed by atoms with Gasteiger partial charge in [0.25, 0.3) is 0 Å². The summed E-state index contributed by atoms with van der Waals surface area (Å²) < 4.78 is 5.33. The molecule has 2 aromatic rings. The quantitative estimate of drug-likeness (QED) is 0.590. The summed E-state index contributed by atoms with van der Waals surface area (Å²) in [6.45, 7) is 1.45. The van der Waals surface area contributed by atoms with Crippen LogP contribution in [0, 0.1) is 0 Å². The molecule has 0 aliphatic rings. The van der Waals surface area contributed by atoms with Crippen LogP contribution in [0.5, 0.6) is 0 Å². The summed E-state index contributed by atoms with van der Waals surface area (Å²) in [7, 11) is 0. The van der Waals surface area contributed by atoms with E-state index in [2.05, 4.69) is 0 Å². The van der Waals surface area contributed by atoms with Crippen LogP contribution in [0.2, 0.25) is 0 Å². The summed E-state index contributed by atoms with van der Waals surface area (Å²) in [5.74, 6) is 0.848. The van der Waals surface area contributed by atoms with Crippen molar-refractivity contribution in [1.29, 1.82) is 0 Å². The van der Waals surface area contributed by atoms with Crippen molar-refractivity contribution in [3.05, 3.63) is 34.2 Å². The number of rotatable bonds is 3. The van der Waals surface area contributed by atoms with Gasteiger partial charge in [-0.15, -0.1) is 11.3 Å². The van der Waals surface area contributed by atoms with E-state index in [4.69, 9.17) is 4.42 Å². The SMILES string of the molecule is CC(=O)c1ccc(-c2csc(C=O)c2)o1. The number of hydrogen-bond donors (Lipinski definition) is 0. The van der Waals surface area contributed by atoms with E-state index < -0.39 is 0 Å². The minimum absolute atomic E-state index is 0.105. The predicted molar refractivity (Wildman–Crippen MR) is 57.4 cm³/mol. The number of carbonyl (C=O) groups excluding carboxylic acids is 2. The van der Waals surface area contributed by atoms with Gasteiger partial charge in [-0.2, -0.15) is 0 Å². The Kier molecular flexibility index (Phi) is 2.51. The van der Waals surface area contributed by atoms with Gasteiger partial charge in [0.15, 0.2) is 17.8 Å². The zero-order valence-corrected chi connectivity index (χ0v) is 8.84. The molecule has 3 nitrogen and oxygen atoms in total. The van der Waals surface area contributed by atoms with Crippen LogP contribution in [0.3, 0.4) is 0 Å². The fourth-order valence-corrected chi connectivity index (χ4v) is 1.92. The molecule has 2 heterocycles. The van der Waals surface area contributed by atoms with E-state index in [-0.39, 0.29) is 5.78 Å². The van der Waals surface area contributed by atoms with Crippen molar-refractivity contribution in [3.63, 3.8) is 0 Å². The van der Waals surface area contributed by atoms with Crippen LogP contribution in [0.1, 0.15) is 27.2 Å². The van der Waals surface area contributed by atoms with Gasteiger partial charge in [0.2, 0.25) is 0 Å². The number of ketones is 1. The van der Waals surface area contributed by atoms with Gasteiger partial charge in [-0.3, -0.25) is 9.59 Å². The largest absolute Gasteiger partial charge is 0.453 e. The Labute approximate surface area is 90.3 Å². The van der Waals surface area contributed by atoms with E-state index in [0.717, 1.165) is 11.8 Å². The number of aldehydes is 1. The first-order chi connectivity index (χ1) is 7.20. The maximum atomic E-state index is 11.0. The second kappa shape index (κ2) is 3.82. The molecule has 0 atom stereocenters. The minimum atomic E-state index is -0.105. The van der Waals surface area contributed by atoms with Crippen LogP contribution in [-0.4, -0.2) is 12.1 Å². The molecule has 0 fully saturated rings. The molecule has 0 aliphatic carbocycles. The van der Waals surface area contributed by atoms with Crippen LogP contribution >= 0.6 is 11.3 Å². The number of carbonyl (C=O) groups is 2. The van der Waals surface area contributed by atoms with Gasteiger partial charge < -0.3 is 4.42 Å². The van der Waals surface area contributed by atoms with Gasteiger partial charge in [-0.05, 0) is 18.2 Å². The average molecular weight is 220 g/mol. The fourth-order valence-electron chi connectivity index (χ4n) is 1.23. The third-order valence-corrected chi connectivity index (χ3v) is 2.83. The average Bonchev–Trinajstić information content (AvgIpc) is 2.86. The fraction of sp³-hybridized carbons (Fsp3) is 0.0909. The van der Waals surface area contributed by atoms with Crippen LogP contribution in [-0.2, 0) is 0 Å². The van der Waals surface area contributed by atoms with Crippen LogP contribution in [0.25, 0.3) is 11.3 Å². The zero-order valence-electron chi connectivity index (χ0n) is 8.02. The highest BCUT2D eigenvalue weighted by atomic mass is 32.1. The molecule has 0 aromatic carbocycles. The highest BCUT2D eigenvalue weighted by Gasteiger charge is 2.09. The van der Waals surface area contributed by atoms with Crippen molar-refractivity contribution in [2.45, 2.75) is 6.92 Å². The Hall–Kier alpha value is -1.68. The molecule has 0 N–H and O–H groups in total. The predicted octanol–water partition coefficient (Wildman–Crippen LogP) is 3.02. The van der Waals surface area contributed by atoms with Gasteiger partial charge in [0.05, 0.1) is 4.88 Å². The Morgan fingerprint density at radius 1 is 1.47 bits per heavy atom. The molecule has 0 bridgehead atoms. The topological polar surface area (TPSA) is 47.3 Å². The lowest BCUT2D eigenvalue weighted by Crippen LogP contribution is -1.85. The van der Waals surface area contributed by atoms with E-state index >= 15 is 0 Å². The second-order valence-corrected chi connectivity index (χ2v) is 4.02. The summed E-state index contributed by atoms with van der Waals surface area (Å²) in [4.78, 5) is 22.1. The molecule has 4 heteroatoms. The molecule has 0 spiro atoms. The van der Waals surface area contributed by atoms with E-state index in [0.29, 0.717) is 16.4 Å². The highest BCUT2D eigenvalue weighted by molar-refractivity contribution is 7.12. The van der Waals surface area contributed by atoms with Gasteiger partial charge in [-0.1, -0.05) is 0 Å². The third kappa shape index (κ3) is 1.89. The maximum Gasteiger partial charge on any atom is 0.194 e. The smallest absolute Gasteiger partial charge is 0.194 e. The first kappa shape index (κ1) is 9.86. The third-order valence-electron chi connectivity index (χ3n) is 1.97. The molecule has 76 valence electrons. The van der Waals surface area contributed by atoms with Crippen molar-refractivity contribution in [2.24, 2.45) is 0 Å². The van der Waals surface area contributed by atoms with E-state index in [1.165, 1.54) is 18.3 Å². The lowest BCUT2D eigenvalue weighted by atomic mass is 10.2. The molecule has 0 radical (unpaired) electrons. The molecule has 0 amide bonds.